The number of para-hydroxylation sites is 1. The zero-order chi connectivity index (χ0) is 20.9. The summed E-state index contributed by atoms with van der Waals surface area (Å²) in [5.41, 5.74) is 0.867. The van der Waals surface area contributed by atoms with Crippen molar-refractivity contribution in [2.45, 2.75) is 32.6 Å². The molecule has 1 aromatic heterocycles. The minimum atomic E-state index is 0.424. The zero-order valence-corrected chi connectivity index (χ0v) is 17.3. The molecule has 30 heavy (non-hydrogen) atoms. The average Bonchev–Trinajstić information content (AvgIpc) is 3.30. The molecular weight excluding hydrogens is 380 g/mol. The molecular formula is C23H28N4O3. The van der Waals surface area contributed by atoms with Gasteiger partial charge in [-0.25, -0.2) is 4.68 Å². The molecule has 0 fully saturated rings. The quantitative estimate of drug-likeness (QED) is 0.306. The molecule has 0 saturated carbocycles. The second-order valence-electron chi connectivity index (χ2n) is 6.70. The number of rotatable bonds is 13. The van der Waals surface area contributed by atoms with Gasteiger partial charge in [-0.3, -0.25) is 0 Å². The number of benzene rings is 2. The third-order valence-electron chi connectivity index (χ3n) is 4.36. The molecule has 0 amide bonds. The lowest BCUT2D eigenvalue weighted by atomic mass is 10.2. The van der Waals surface area contributed by atoms with Crippen LogP contribution in [0.2, 0.25) is 0 Å². The summed E-state index contributed by atoms with van der Waals surface area (Å²) in [7, 11) is 0. The zero-order valence-electron chi connectivity index (χ0n) is 17.3. The van der Waals surface area contributed by atoms with Crippen molar-refractivity contribution < 1.29 is 14.2 Å². The van der Waals surface area contributed by atoms with E-state index in [0.717, 1.165) is 35.8 Å². The van der Waals surface area contributed by atoms with Crippen LogP contribution in [0.1, 0.15) is 38.2 Å². The van der Waals surface area contributed by atoms with Crippen LogP contribution in [0.25, 0.3) is 0 Å². The van der Waals surface area contributed by atoms with Gasteiger partial charge in [0.15, 0.2) is 0 Å². The summed E-state index contributed by atoms with van der Waals surface area (Å²) in [6.45, 7) is 3.83. The van der Waals surface area contributed by atoms with E-state index in [2.05, 4.69) is 22.2 Å². The van der Waals surface area contributed by atoms with E-state index in [1.165, 1.54) is 36.6 Å². The van der Waals surface area contributed by atoms with Crippen molar-refractivity contribution in [1.82, 2.24) is 14.9 Å². The molecule has 3 rings (SSSR count). The number of ether oxygens (including phenoxy) is 3. The van der Waals surface area contributed by atoms with Crippen molar-refractivity contribution in [3.63, 3.8) is 0 Å². The molecule has 158 valence electrons. The van der Waals surface area contributed by atoms with Gasteiger partial charge in [0.05, 0.1) is 12.8 Å². The summed E-state index contributed by atoms with van der Waals surface area (Å²) >= 11 is 0. The molecule has 0 aliphatic carbocycles. The van der Waals surface area contributed by atoms with Crippen LogP contribution in [0.3, 0.4) is 0 Å². The molecule has 7 nitrogen and oxygen atoms in total. The van der Waals surface area contributed by atoms with Gasteiger partial charge in [-0.05, 0) is 42.8 Å². The largest absolute Gasteiger partial charge is 0.494 e. The van der Waals surface area contributed by atoms with Gasteiger partial charge < -0.3 is 14.2 Å². The maximum absolute atomic E-state index is 5.86. The Hall–Kier alpha value is -3.35. The van der Waals surface area contributed by atoms with Crippen molar-refractivity contribution in [3.8, 4) is 17.2 Å². The Labute approximate surface area is 177 Å². The highest BCUT2D eigenvalue weighted by Gasteiger charge is 2.02. The minimum absolute atomic E-state index is 0.424. The smallest absolute Gasteiger partial charge is 0.141 e. The molecule has 1 heterocycles. The lowest BCUT2D eigenvalue weighted by Gasteiger charge is -2.11. The van der Waals surface area contributed by atoms with E-state index in [1.54, 1.807) is 6.21 Å². The van der Waals surface area contributed by atoms with Crippen molar-refractivity contribution in [3.05, 3.63) is 66.7 Å². The topological polar surface area (TPSA) is 70.8 Å². The summed E-state index contributed by atoms with van der Waals surface area (Å²) in [6, 6.07) is 15.4. The fourth-order valence-electron chi connectivity index (χ4n) is 2.76. The summed E-state index contributed by atoms with van der Waals surface area (Å²) < 4.78 is 18.9. The second-order valence-corrected chi connectivity index (χ2v) is 6.70. The number of unbranched alkanes of at least 4 members (excludes halogenated alkanes) is 3. The first-order valence-corrected chi connectivity index (χ1v) is 10.3. The van der Waals surface area contributed by atoms with E-state index in [1.807, 2.05) is 48.5 Å². The molecule has 2 aromatic carbocycles. The van der Waals surface area contributed by atoms with Gasteiger partial charge in [0, 0.05) is 5.56 Å². The van der Waals surface area contributed by atoms with Gasteiger partial charge in [-0.1, -0.05) is 38.3 Å². The van der Waals surface area contributed by atoms with Crippen LogP contribution in [0.5, 0.6) is 17.2 Å². The maximum Gasteiger partial charge on any atom is 0.141 e. The van der Waals surface area contributed by atoms with Crippen LogP contribution in [0.4, 0.5) is 0 Å². The summed E-state index contributed by atoms with van der Waals surface area (Å²) in [5, 5.41) is 11.7. The summed E-state index contributed by atoms with van der Waals surface area (Å²) in [5.74, 6) is 2.40. The fraction of sp³-hybridized carbons (Fsp3) is 0.348. The number of hydrogen-bond acceptors (Lipinski definition) is 6. The Morgan fingerprint density at radius 2 is 1.47 bits per heavy atom. The lowest BCUT2D eigenvalue weighted by Crippen LogP contribution is -2.10. The van der Waals surface area contributed by atoms with Gasteiger partial charge >= 0.3 is 0 Å². The summed E-state index contributed by atoms with van der Waals surface area (Å²) in [4.78, 5) is 0. The standard InChI is InChI=1S/C23H28N4O3/c1-2-3-4-7-14-28-21-10-12-22(13-11-21)29-15-16-30-23-9-6-5-8-20(23)17-26-27-18-24-25-19-27/h5-6,8-13,17-19H,2-4,7,14-16H2,1H3/b26-17-. The highest BCUT2D eigenvalue weighted by Crippen LogP contribution is 2.19. The molecule has 0 unspecified atom stereocenters. The van der Waals surface area contributed by atoms with Crippen molar-refractivity contribution >= 4 is 6.21 Å². The maximum atomic E-state index is 5.86. The first-order chi connectivity index (χ1) is 14.8. The highest BCUT2D eigenvalue weighted by molar-refractivity contribution is 5.83. The number of hydrogen-bond donors (Lipinski definition) is 0. The molecule has 3 aromatic rings. The van der Waals surface area contributed by atoms with Crippen LogP contribution in [-0.2, 0) is 0 Å². The van der Waals surface area contributed by atoms with Crippen LogP contribution in [-0.4, -0.2) is 40.9 Å². The van der Waals surface area contributed by atoms with Crippen LogP contribution in [0.15, 0.2) is 66.3 Å². The van der Waals surface area contributed by atoms with Gasteiger partial charge in [0.25, 0.3) is 0 Å². The molecule has 0 N–H and O–H groups in total. The average molecular weight is 409 g/mol. The predicted octanol–water partition coefficient (Wildman–Crippen LogP) is 4.58. The number of nitrogens with zero attached hydrogens (tertiary/aromatic N) is 4. The molecule has 0 atom stereocenters. The van der Waals surface area contributed by atoms with Gasteiger partial charge in [-0.15, -0.1) is 10.2 Å². The Morgan fingerprint density at radius 3 is 2.20 bits per heavy atom. The normalized spacial score (nSPS) is 11.0. The van der Waals surface area contributed by atoms with Crippen LogP contribution < -0.4 is 14.2 Å². The number of aromatic nitrogens is 3. The van der Waals surface area contributed by atoms with E-state index in [4.69, 9.17) is 14.2 Å². The van der Waals surface area contributed by atoms with Crippen molar-refractivity contribution in [1.29, 1.82) is 0 Å². The SMILES string of the molecule is CCCCCCOc1ccc(OCCOc2ccccc2/C=N\n2cnnc2)cc1. The molecule has 0 aliphatic heterocycles. The third kappa shape index (κ3) is 7.24. The first kappa shape index (κ1) is 21.4. The molecule has 0 radical (unpaired) electrons. The third-order valence-corrected chi connectivity index (χ3v) is 4.36. The predicted molar refractivity (Wildman–Crippen MR) is 117 cm³/mol. The first-order valence-electron chi connectivity index (χ1n) is 10.3. The van der Waals surface area contributed by atoms with Gasteiger partial charge in [-0.2, -0.15) is 5.10 Å². The molecule has 7 heteroatoms. The van der Waals surface area contributed by atoms with E-state index in [9.17, 15) is 0 Å². The van der Waals surface area contributed by atoms with Crippen molar-refractivity contribution in [2.24, 2.45) is 5.10 Å². The van der Waals surface area contributed by atoms with Crippen LogP contribution >= 0.6 is 0 Å². The van der Waals surface area contributed by atoms with Gasteiger partial charge in [0.1, 0.15) is 43.1 Å². The molecule has 0 bridgehead atoms. The Morgan fingerprint density at radius 1 is 0.800 bits per heavy atom. The highest BCUT2D eigenvalue weighted by atomic mass is 16.5. The van der Waals surface area contributed by atoms with Crippen molar-refractivity contribution in [2.75, 3.05) is 19.8 Å². The molecule has 0 aliphatic rings. The lowest BCUT2D eigenvalue weighted by molar-refractivity contribution is 0.216. The Balaban J connectivity index is 1.40. The van der Waals surface area contributed by atoms with E-state index < -0.39 is 0 Å². The Bertz CT molecular complexity index is 880. The van der Waals surface area contributed by atoms with E-state index >= 15 is 0 Å². The second kappa shape index (κ2) is 12.3. The van der Waals surface area contributed by atoms with Crippen LogP contribution in [0, 0.1) is 0 Å². The van der Waals surface area contributed by atoms with E-state index in [-0.39, 0.29) is 0 Å². The van der Waals surface area contributed by atoms with E-state index in [0.29, 0.717) is 13.2 Å². The monoisotopic (exact) mass is 408 g/mol. The Kier molecular flexibility index (Phi) is 8.73. The summed E-state index contributed by atoms with van der Waals surface area (Å²) in [6.07, 6.45) is 9.56. The minimum Gasteiger partial charge on any atom is -0.494 e. The molecule has 0 saturated heterocycles. The molecule has 0 spiro atoms. The fourth-order valence-corrected chi connectivity index (χ4v) is 2.76. The van der Waals surface area contributed by atoms with Gasteiger partial charge in [0.2, 0.25) is 0 Å².